The summed E-state index contributed by atoms with van der Waals surface area (Å²) in [6.45, 7) is 0. The second-order valence-corrected chi connectivity index (χ2v) is 6.91. The molecule has 5 nitrogen and oxygen atoms in total. The second-order valence-electron chi connectivity index (χ2n) is 4.47. The van der Waals surface area contributed by atoms with Gasteiger partial charge in [-0.3, -0.25) is 10.2 Å². The van der Waals surface area contributed by atoms with Crippen molar-refractivity contribution in [2.75, 3.05) is 0 Å². The highest BCUT2D eigenvalue weighted by Gasteiger charge is 2.10. The predicted octanol–water partition coefficient (Wildman–Crippen LogP) is 3.23. The van der Waals surface area contributed by atoms with Crippen molar-refractivity contribution in [3.63, 3.8) is 0 Å². The Morgan fingerprint density at radius 1 is 1.00 bits per heavy atom. The first-order valence-corrected chi connectivity index (χ1v) is 8.67. The van der Waals surface area contributed by atoms with Crippen LogP contribution in [-0.2, 0) is 10.0 Å². The van der Waals surface area contributed by atoms with Crippen molar-refractivity contribution in [1.29, 1.82) is 0 Å². The molecule has 0 aliphatic rings. The molecule has 0 aliphatic heterocycles. The third-order valence-corrected chi connectivity index (χ3v) is 4.07. The smallest absolute Gasteiger partial charge is 0.266 e. The zero-order chi connectivity index (χ0) is 16.9. The van der Waals surface area contributed by atoms with E-state index in [4.69, 9.17) is 23.2 Å². The van der Waals surface area contributed by atoms with Gasteiger partial charge in [-0.1, -0.05) is 41.4 Å². The first-order valence-electron chi connectivity index (χ1n) is 6.37. The van der Waals surface area contributed by atoms with E-state index in [-0.39, 0.29) is 5.56 Å². The van der Waals surface area contributed by atoms with E-state index in [1.807, 2.05) is 4.83 Å². The number of hydrogen-bond donors (Lipinski definition) is 2. The number of halogens is 2. The molecule has 0 aromatic heterocycles. The zero-order valence-corrected chi connectivity index (χ0v) is 14.0. The highest BCUT2D eigenvalue weighted by atomic mass is 35.5. The van der Waals surface area contributed by atoms with Gasteiger partial charge in [0.05, 0.1) is 0 Å². The summed E-state index contributed by atoms with van der Waals surface area (Å²) in [4.78, 5) is 13.8. The molecule has 0 heterocycles. The fraction of sp³-hybridized carbons (Fsp3) is 0. The third kappa shape index (κ3) is 5.69. The highest BCUT2D eigenvalue weighted by Crippen LogP contribution is 2.11. The van der Waals surface area contributed by atoms with Gasteiger partial charge >= 0.3 is 0 Å². The number of nitrogens with one attached hydrogen (secondary N) is 2. The van der Waals surface area contributed by atoms with Gasteiger partial charge in [0.2, 0.25) is 0 Å². The number of benzene rings is 2. The standard InChI is InChI=1S/C15H12Cl2N2O3S/c16-13-6-4-11(5-7-13)8-9-23(21,22)19-18-15(20)12-2-1-3-14(17)10-12/h1-10,19H,(H,18,20)/b9-8+. The van der Waals surface area contributed by atoms with E-state index in [1.165, 1.54) is 18.2 Å². The Hall–Kier alpha value is -1.86. The van der Waals surface area contributed by atoms with Crippen LogP contribution in [0.1, 0.15) is 15.9 Å². The SMILES string of the molecule is O=C(NNS(=O)(=O)/C=C/c1ccc(Cl)cc1)c1cccc(Cl)c1. The normalized spacial score (nSPS) is 11.6. The minimum Gasteiger partial charge on any atom is -0.274 e. The van der Waals surface area contributed by atoms with E-state index in [0.717, 1.165) is 5.41 Å². The first kappa shape index (κ1) is 17.5. The van der Waals surface area contributed by atoms with Gasteiger partial charge in [-0.15, -0.1) is 4.83 Å². The maximum absolute atomic E-state index is 11.8. The third-order valence-electron chi connectivity index (χ3n) is 2.70. The molecule has 0 aliphatic carbocycles. The summed E-state index contributed by atoms with van der Waals surface area (Å²) in [5.74, 6) is -0.615. The fourth-order valence-electron chi connectivity index (χ4n) is 1.60. The van der Waals surface area contributed by atoms with Gasteiger partial charge in [-0.2, -0.15) is 0 Å². The lowest BCUT2D eigenvalue weighted by atomic mass is 10.2. The summed E-state index contributed by atoms with van der Waals surface area (Å²) >= 11 is 11.5. The van der Waals surface area contributed by atoms with Gasteiger partial charge in [0.1, 0.15) is 0 Å². The number of sulfonamides is 1. The number of carbonyl (C=O) groups is 1. The Bertz CT molecular complexity index is 834. The monoisotopic (exact) mass is 370 g/mol. The van der Waals surface area contributed by atoms with Crippen molar-refractivity contribution < 1.29 is 13.2 Å². The van der Waals surface area contributed by atoms with Crippen LogP contribution in [0.2, 0.25) is 10.0 Å². The van der Waals surface area contributed by atoms with Crippen molar-refractivity contribution in [3.05, 3.63) is 75.1 Å². The molecule has 8 heteroatoms. The van der Waals surface area contributed by atoms with Gasteiger partial charge in [-0.25, -0.2) is 8.42 Å². The average Bonchev–Trinajstić information content (AvgIpc) is 2.52. The molecule has 0 radical (unpaired) electrons. The van der Waals surface area contributed by atoms with Gasteiger partial charge in [0.25, 0.3) is 15.9 Å². The summed E-state index contributed by atoms with van der Waals surface area (Å²) in [6, 6.07) is 12.7. The molecule has 0 atom stereocenters. The fourth-order valence-corrected chi connectivity index (χ4v) is 2.55. The minimum absolute atomic E-state index is 0.238. The van der Waals surface area contributed by atoms with Gasteiger partial charge in [0.15, 0.2) is 0 Å². The predicted molar refractivity (Wildman–Crippen MR) is 91.5 cm³/mol. The molecule has 0 saturated heterocycles. The Morgan fingerprint density at radius 3 is 2.35 bits per heavy atom. The summed E-state index contributed by atoms with van der Waals surface area (Å²) < 4.78 is 23.6. The Labute approximate surface area is 143 Å². The number of carbonyl (C=O) groups excluding carboxylic acids is 1. The van der Waals surface area contributed by atoms with Crippen molar-refractivity contribution in [1.82, 2.24) is 10.3 Å². The molecule has 120 valence electrons. The molecule has 0 bridgehead atoms. The van der Waals surface area contributed by atoms with E-state index < -0.39 is 15.9 Å². The maximum atomic E-state index is 11.8. The van der Waals surface area contributed by atoms with Gasteiger partial charge in [0, 0.05) is 21.0 Å². The molecule has 0 unspecified atom stereocenters. The van der Waals surface area contributed by atoms with Crippen molar-refractivity contribution in [2.24, 2.45) is 0 Å². The van der Waals surface area contributed by atoms with E-state index in [2.05, 4.69) is 5.43 Å². The Balaban J connectivity index is 1.98. The molecule has 2 aromatic carbocycles. The van der Waals surface area contributed by atoms with E-state index >= 15 is 0 Å². The summed E-state index contributed by atoms with van der Waals surface area (Å²) in [5.41, 5.74) is 3.00. The van der Waals surface area contributed by atoms with Crippen LogP contribution in [0.4, 0.5) is 0 Å². The van der Waals surface area contributed by atoms with Crippen LogP contribution in [0.3, 0.4) is 0 Å². The first-order chi connectivity index (χ1) is 10.9. The molecular formula is C15H12Cl2N2O3S. The highest BCUT2D eigenvalue weighted by molar-refractivity contribution is 7.92. The lowest BCUT2D eigenvalue weighted by Gasteiger charge is -2.06. The van der Waals surface area contributed by atoms with E-state index in [0.29, 0.717) is 15.6 Å². The Kier molecular flexibility index (Phi) is 5.79. The van der Waals surface area contributed by atoms with E-state index in [9.17, 15) is 13.2 Å². The molecule has 2 N–H and O–H groups in total. The van der Waals surface area contributed by atoms with Crippen LogP contribution in [0, 0.1) is 0 Å². The molecule has 0 fully saturated rings. The van der Waals surface area contributed by atoms with Crippen molar-refractivity contribution >= 4 is 45.2 Å². The van der Waals surface area contributed by atoms with Gasteiger partial charge in [-0.05, 0) is 42.0 Å². The van der Waals surface area contributed by atoms with Crippen LogP contribution >= 0.6 is 23.2 Å². The summed E-state index contributed by atoms with van der Waals surface area (Å²) in [6.07, 6.45) is 1.38. The van der Waals surface area contributed by atoms with Gasteiger partial charge < -0.3 is 0 Å². The number of hydrazine groups is 1. The maximum Gasteiger partial charge on any atom is 0.266 e. The molecule has 0 saturated carbocycles. The van der Waals surface area contributed by atoms with Crippen LogP contribution < -0.4 is 10.3 Å². The number of hydrogen-bond acceptors (Lipinski definition) is 3. The molecule has 0 spiro atoms. The van der Waals surface area contributed by atoms with Crippen LogP contribution in [0.25, 0.3) is 6.08 Å². The number of rotatable bonds is 5. The largest absolute Gasteiger partial charge is 0.274 e. The van der Waals surface area contributed by atoms with Crippen molar-refractivity contribution in [2.45, 2.75) is 0 Å². The molecule has 2 rings (SSSR count). The topological polar surface area (TPSA) is 75.3 Å². The van der Waals surface area contributed by atoms with E-state index in [1.54, 1.807) is 36.4 Å². The lowest BCUT2D eigenvalue weighted by molar-refractivity contribution is 0.0945. The molecule has 2 aromatic rings. The average molecular weight is 371 g/mol. The van der Waals surface area contributed by atoms with Crippen LogP contribution in [-0.4, -0.2) is 14.3 Å². The minimum atomic E-state index is -3.83. The lowest BCUT2D eigenvalue weighted by Crippen LogP contribution is -2.40. The van der Waals surface area contributed by atoms with Crippen LogP contribution in [0.5, 0.6) is 0 Å². The molecular weight excluding hydrogens is 359 g/mol. The number of amides is 1. The van der Waals surface area contributed by atoms with Crippen molar-refractivity contribution in [3.8, 4) is 0 Å². The Morgan fingerprint density at radius 2 is 1.70 bits per heavy atom. The summed E-state index contributed by atoms with van der Waals surface area (Å²) in [7, 11) is -3.83. The van der Waals surface area contributed by atoms with Crippen LogP contribution in [0.15, 0.2) is 53.9 Å². The quantitative estimate of drug-likeness (QED) is 0.793. The molecule has 23 heavy (non-hydrogen) atoms. The molecule has 1 amide bonds. The second kappa shape index (κ2) is 7.61. The summed E-state index contributed by atoms with van der Waals surface area (Å²) in [5, 5.41) is 1.87. The zero-order valence-electron chi connectivity index (χ0n) is 11.7.